The molecule has 3 N–H and O–H groups in total. The second-order valence-electron chi connectivity index (χ2n) is 6.39. The van der Waals surface area contributed by atoms with E-state index in [1.54, 1.807) is 42.5 Å². The van der Waals surface area contributed by atoms with Crippen molar-refractivity contribution in [2.75, 3.05) is 10.6 Å². The third-order valence-electron chi connectivity index (χ3n) is 3.93. The van der Waals surface area contributed by atoms with Crippen molar-refractivity contribution < 1.29 is 23.9 Å². The Morgan fingerprint density at radius 3 is 2.17 bits per heavy atom. The quantitative estimate of drug-likeness (QED) is 0.491. The van der Waals surface area contributed by atoms with Gasteiger partial charge in [-0.15, -0.1) is 0 Å². The Hall–Kier alpha value is -3.68. The number of anilines is 2. The summed E-state index contributed by atoms with van der Waals surface area (Å²) in [5, 5.41) is 7.62. The first kappa shape index (κ1) is 21.6. The van der Waals surface area contributed by atoms with Gasteiger partial charge in [0.2, 0.25) is 0 Å². The van der Waals surface area contributed by atoms with E-state index in [0.717, 1.165) is 0 Å². The van der Waals surface area contributed by atoms with Gasteiger partial charge in [-0.3, -0.25) is 9.59 Å². The number of para-hydroxylation sites is 1. The molecule has 0 radical (unpaired) electrons. The average molecular weight is 397 g/mol. The molecule has 0 bridgehead atoms. The van der Waals surface area contributed by atoms with Crippen molar-refractivity contribution >= 4 is 35.1 Å². The number of carbonyl (C=O) groups is 4. The first-order chi connectivity index (χ1) is 13.8. The molecule has 0 spiro atoms. The van der Waals surface area contributed by atoms with E-state index in [1.807, 2.05) is 6.07 Å². The lowest BCUT2D eigenvalue weighted by molar-refractivity contribution is -0.154. The normalized spacial score (nSPS) is 12.2. The SMILES string of the molecule is CC(=O)c1cccc(NC(=O)[C@H](C)OC(=O)[C@H](C)NC(=O)Nc2ccccc2)c1. The zero-order valence-corrected chi connectivity index (χ0v) is 16.4. The number of ether oxygens (including phenoxy) is 1. The van der Waals surface area contributed by atoms with Gasteiger partial charge in [-0.1, -0.05) is 30.3 Å². The molecule has 0 aliphatic heterocycles. The molecule has 0 aromatic heterocycles. The summed E-state index contributed by atoms with van der Waals surface area (Å²) in [4.78, 5) is 47.8. The minimum atomic E-state index is -1.09. The van der Waals surface area contributed by atoms with Crippen LogP contribution in [0.3, 0.4) is 0 Å². The third kappa shape index (κ3) is 6.76. The number of Topliss-reactive ketones (excluding diaryl/α,β-unsaturated/α-hetero) is 1. The molecule has 152 valence electrons. The van der Waals surface area contributed by atoms with Gasteiger partial charge in [0, 0.05) is 16.9 Å². The van der Waals surface area contributed by atoms with Gasteiger partial charge in [-0.25, -0.2) is 9.59 Å². The number of carbonyl (C=O) groups excluding carboxylic acids is 4. The van der Waals surface area contributed by atoms with Crippen LogP contribution in [-0.2, 0) is 14.3 Å². The van der Waals surface area contributed by atoms with Gasteiger partial charge in [0.25, 0.3) is 5.91 Å². The minimum Gasteiger partial charge on any atom is -0.451 e. The predicted molar refractivity (Wildman–Crippen MR) is 109 cm³/mol. The molecule has 2 atom stereocenters. The maximum absolute atomic E-state index is 12.2. The number of amides is 3. The Kier molecular flexibility index (Phi) is 7.47. The monoisotopic (exact) mass is 397 g/mol. The summed E-state index contributed by atoms with van der Waals surface area (Å²) >= 11 is 0. The van der Waals surface area contributed by atoms with Crippen molar-refractivity contribution in [3.8, 4) is 0 Å². The third-order valence-corrected chi connectivity index (χ3v) is 3.93. The van der Waals surface area contributed by atoms with E-state index in [0.29, 0.717) is 16.9 Å². The highest BCUT2D eigenvalue weighted by molar-refractivity contribution is 5.99. The number of ketones is 1. The van der Waals surface area contributed by atoms with Crippen molar-refractivity contribution in [1.82, 2.24) is 5.32 Å². The molecule has 2 aromatic carbocycles. The highest BCUT2D eigenvalue weighted by Crippen LogP contribution is 2.12. The van der Waals surface area contributed by atoms with E-state index < -0.39 is 30.1 Å². The summed E-state index contributed by atoms with van der Waals surface area (Å²) in [6.07, 6.45) is -1.09. The van der Waals surface area contributed by atoms with Crippen LogP contribution >= 0.6 is 0 Å². The van der Waals surface area contributed by atoms with Crippen LogP contribution in [0, 0.1) is 0 Å². The van der Waals surface area contributed by atoms with Crippen molar-refractivity contribution in [2.24, 2.45) is 0 Å². The van der Waals surface area contributed by atoms with E-state index in [9.17, 15) is 19.2 Å². The van der Waals surface area contributed by atoms with Gasteiger partial charge in [-0.05, 0) is 45.0 Å². The fourth-order valence-corrected chi connectivity index (χ4v) is 2.33. The maximum Gasteiger partial charge on any atom is 0.329 e. The molecule has 0 aliphatic carbocycles. The molecule has 8 heteroatoms. The van der Waals surface area contributed by atoms with E-state index in [4.69, 9.17) is 4.74 Å². The molecule has 8 nitrogen and oxygen atoms in total. The average Bonchev–Trinajstić information content (AvgIpc) is 2.68. The summed E-state index contributed by atoms with van der Waals surface area (Å²) < 4.78 is 5.11. The maximum atomic E-state index is 12.2. The Bertz CT molecular complexity index is 898. The summed E-state index contributed by atoms with van der Waals surface area (Å²) in [7, 11) is 0. The molecule has 0 aliphatic rings. The number of nitrogens with one attached hydrogen (secondary N) is 3. The lowest BCUT2D eigenvalue weighted by Gasteiger charge is -2.18. The van der Waals surface area contributed by atoms with Crippen LogP contribution in [0.2, 0.25) is 0 Å². The van der Waals surface area contributed by atoms with E-state index >= 15 is 0 Å². The summed E-state index contributed by atoms with van der Waals surface area (Å²) in [5.74, 6) is -1.44. The molecular weight excluding hydrogens is 374 g/mol. The molecule has 0 heterocycles. The van der Waals surface area contributed by atoms with Crippen LogP contribution in [0.25, 0.3) is 0 Å². The number of hydrogen-bond donors (Lipinski definition) is 3. The van der Waals surface area contributed by atoms with Gasteiger partial charge in [0.1, 0.15) is 6.04 Å². The Morgan fingerprint density at radius 2 is 1.52 bits per heavy atom. The van der Waals surface area contributed by atoms with Crippen LogP contribution in [-0.4, -0.2) is 35.8 Å². The van der Waals surface area contributed by atoms with E-state index in [1.165, 1.54) is 26.8 Å². The highest BCUT2D eigenvalue weighted by Gasteiger charge is 2.23. The summed E-state index contributed by atoms with van der Waals surface area (Å²) in [5.41, 5.74) is 1.44. The standard InChI is InChI=1S/C21H23N3O5/c1-13(22-21(28)24-17-9-5-4-6-10-17)20(27)29-15(3)19(26)23-18-11-7-8-16(12-18)14(2)25/h4-13,15H,1-3H3,(H,23,26)(H2,22,24,28)/t13-,15-/m0/s1. The summed E-state index contributed by atoms with van der Waals surface area (Å²) in [6, 6.07) is 13.6. The number of benzene rings is 2. The Morgan fingerprint density at radius 1 is 0.862 bits per heavy atom. The molecule has 0 fully saturated rings. The van der Waals surface area contributed by atoms with Crippen molar-refractivity contribution in [3.05, 3.63) is 60.2 Å². The first-order valence-corrected chi connectivity index (χ1v) is 9.01. The van der Waals surface area contributed by atoms with Gasteiger partial charge in [0.05, 0.1) is 0 Å². The summed E-state index contributed by atoms with van der Waals surface area (Å²) in [6.45, 7) is 4.29. The van der Waals surface area contributed by atoms with Crippen LogP contribution in [0.5, 0.6) is 0 Å². The highest BCUT2D eigenvalue weighted by atomic mass is 16.5. The van der Waals surface area contributed by atoms with Crippen molar-refractivity contribution in [3.63, 3.8) is 0 Å². The minimum absolute atomic E-state index is 0.130. The largest absolute Gasteiger partial charge is 0.451 e. The van der Waals surface area contributed by atoms with E-state index in [-0.39, 0.29) is 5.78 Å². The number of esters is 1. The van der Waals surface area contributed by atoms with Gasteiger partial charge < -0.3 is 20.7 Å². The second kappa shape index (κ2) is 10.0. The molecule has 2 rings (SSSR count). The van der Waals surface area contributed by atoms with Crippen LogP contribution < -0.4 is 16.0 Å². The topological polar surface area (TPSA) is 114 Å². The van der Waals surface area contributed by atoms with Gasteiger partial charge in [-0.2, -0.15) is 0 Å². The number of urea groups is 1. The lowest BCUT2D eigenvalue weighted by Crippen LogP contribution is -2.44. The van der Waals surface area contributed by atoms with Crippen molar-refractivity contribution in [2.45, 2.75) is 32.9 Å². The Balaban J connectivity index is 1.85. The molecule has 2 aromatic rings. The first-order valence-electron chi connectivity index (χ1n) is 9.01. The van der Waals surface area contributed by atoms with Crippen LogP contribution in [0.1, 0.15) is 31.1 Å². The zero-order valence-electron chi connectivity index (χ0n) is 16.4. The van der Waals surface area contributed by atoms with Gasteiger partial charge in [0.15, 0.2) is 11.9 Å². The van der Waals surface area contributed by atoms with Gasteiger partial charge >= 0.3 is 12.0 Å². The molecule has 3 amide bonds. The number of hydrogen-bond acceptors (Lipinski definition) is 5. The smallest absolute Gasteiger partial charge is 0.329 e. The molecule has 29 heavy (non-hydrogen) atoms. The second-order valence-corrected chi connectivity index (χ2v) is 6.39. The number of rotatable bonds is 7. The predicted octanol–water partition coefficient (Wildman–Crippen LogP) is 2.97. The Labute approximate surface area is 168 Å². The molecule has 0 saturated carbocycles. The fourth-order valence-electron chi connectivity index (χ4n) is 2.33. The molecule has 0 unspecified atom stereocenters. The fraction of sp³-hybridized carbons (Fsp3) is 0.238. The van der Waals surface area contributed by atoms with Crippen LogP contribution in [0.15, 0.2) is 54.6 Å². The van der Waals surface area contributed by atoms with E-state index in [2.05, 4.69) is 16.0 Å². The lowest BCUT2D eigenvalue weighted by atomic mass is 10.1. The zero-order chi connectivity index (χ0) is 21.4. The van der Waals surface area contributed by atoms with Crippen molar-refractivity contribution in [1.29, 1.82) is 0 Å². The van der Waals surface area contributed by atoms with Crippen LogP contribution in [0.4, 0.5) is 16.2 Å². The molecule has 0 saturated heterocycles. The molecular formula is C21H23N3O5.